The summed E-state index contributed by atoms with van der Waals surface area (Å²) in [6, 6.07) is 5.27. The molecule has 3 nitrogen and oxygen atoms in total. The van der Waals surface area contributed by atoms with Crippen molar-refractivity contribution in [1.82, 2.24) is 9.80 Å². The third kappa shape index (κ3) is 3.95. The standard InChI is InChI=1S/C16H25ClFN3/c1-3-21-8-4-5-13(21)11-20(2)16(10-19)14-7-6-12(17)9-15(14)18/h6-7,9,13,16H,3-5,8,10-11,19H2,1-2H3. The second kappa shape index (κ2) is 7.54. The van der Waals surface area contributed by atoms with Crippen LogP contribution in [0.15, 0.2) is 18.2 Å². The average Bonchev–Trinajstić information content (AvgIpc) is 2.89. The molecule has 0 spiro atoms. The Morgan fingerprint density at radius 1 is 1.52 bits per heavy atom. The van der Waals surface area contributed by atoms with Crippen LogP contribution in [0, 0.1) is 5.82 Å². The average molecular weight is 314 g/mol. The Hall–Kier alpha value is -0.680. The van der Waals surface area contributed by atoms with Crippen molar-refractivity contribution in [2.75, 3.05) is 33.2 Å². The highest BCUT2D eigenvalue weighted by Crippen LogP contribution is 2.26. The fourth-order valence-electron chi connectivity index (χ4n) is 3.29. The fourth-order valence-corrected chi connectivity index (χ4v) is 3.45. The lowest BCUT2D eigenvalue weighted by molar-refractivity contribution is 0.164. The van der Waals surface area contributed by atoms with Gasteiger partial charge in [-0.15, -0.1) is 0 Å². The van der Waals surface area contributed by atoms with Crippen molar-refractivity contribution >= 4 is 11.6 Å². The van der Waals surface area contributed by atoms with E-state index in [0.29, 0.717) is 23.2 Å². The lowest BCUT2D eigenvalue weighted by Gasteiger charge is -2.33. The molecule has 1 saturated heterocycles. The SMILES string of the molecule is CCN1CCCC1CN(C)C(CN)c1ccc(Cl)cc1F. The Bertz CT molecular complexity index is 469. The van der Waals surface area contributed by atoms with Gasteiger partial charge in [0.25, 0.3) is 0 Å². The van der Waals surface area contributed by atoms with Gasteiger partial charge < -0.3 is 5.73 Å². The molecule has 2 atom stereocenters. The zero-order chi connectivity index (χ0) is 15.4. The molecule has 1 fully saturated rings. The summed E-state index contributed by atoms with van der Waals surface area (Å²) in [6.45, 7) is 5.74. The minimum atomic E-state index is -0.274. The van der Waals surface area contributed by atoms with Crippen molar-refractivity contribution < 1.29 is 4.39 Å². The maximum atomic E-state index is 14.1. The predicted molar refractivity (Wildman–Crippen MR) is 86.1 cm³/mol. The van der Waals surface area contributed by atoms with Crippen molar-refractivity contribution in [3.05, 3.63) is 34.6 Å². The first kappa shape index (κ1) is 16.7. The summed E-state index contributed by atoms with van der Waals surface area (Å²) >= 11 is 5.83. The van der Waals surface area contributed by atoms with Gasteiger partial charge in [0.15, 0.2) is 0 Å². The number of halogens is 2. The molecular weight excluding hydrogens is 289 g/mol. The van der Waals surface area contributed by atoms with E-state index in [4.69, 9.17) is 17.3 Å². The van der Waals surface area contributed by atoms with Crippen LogP contribution in [-0.4, -0.2) is 49.1 Å². The molecule has 0 saturated carbocycles. The van der Waals surface area contributed by atoms with Gasteiger partial charge in [-0.3, -0.25) is 9.80 Å². The fraction of sp³-hybridized carbons (Fsp3) is 0.625. The van der Waals surface area contributed by atoms with Gasteiger partial charge in [-0.05, 0) is 45.1 Å². The minimum absolute atomic E-state index is 0.110. The molecule has 0 aromatic heterocycles. The predicted octanol–water partition coefficient (Wildman–Crippen LogP) is 2.90. The molecule has 1 aromatic rings. The molecule has 1 aromatic carbocycles. The van der Waals surface area contributed by atoms with E-state index >= 15 is 0 Å². The van der Waals surface area contributed by atoms with Crippen molar-refractivity contribution in [2.45, 2.75) is 31.8 Å². The first-order chi connectivity index (χ1) is 10.1. The quantitative estimate of drug-likeness (QED) is 0.876. The van der Waals surface area contributed by atoms with Crippen molar-refractivity contribution in [2.24, 2.45) is 5.73 Å². The molecule has 2 N–H and O–H groups in total. The number of nitrogens with two attached hydrogens (primary N) is 1. The zero-order valence-corrected chi connectivity index (χ0v) is 13.6. The highest BCUT2D eigenvalue weighted by Gasteiger charge is 2.27. The Kier molecular flexibility index (Phi) is 5.99. The van der Waals surface area contributed by atoms with E-state index in [1.165, 1.54) is 18.9 Å². The zero-order valence-electron chi connectivity index (χ0n) is 12.9. The molecule has 2 rings (SSSR count). The van der Waals surface area contributed by atoms with Crippen LogP contribution < -0.4 is 5.73 Å². The molecule has 0 amide bonds. The van der Waals surface area contributed by atoms with Gasteiger partial charge in [-0.25, -0.2) is 4.39 Å². The van der Waals surface area contributed by atoms with Crippen LogP contribution in [0.4, 0.5) is 4.39 Å². The molecule has 118 valence electrons. The van der Waals surface area contributed by atoms with Crippen LogP contribution in [0.3, 0.4) is 0 Å². The van der Waals surface area contributed by atoms with E-state index in [9.17, 15) is 4.39 Å². The Labute approximate surface area is 131 Å². The molecule has 1 aliphatic rings. The number of likely N-dealkylation sites (tertiary alicyclic amines) is 1. The van der Waals surface area contributed by atoms with Gasteiger partial charge >= 0.3 is 0 Å². The lowest BCUT2D eigenvalue weighted by atomic mass is 10.0. The minimum Gasteiger partial charge on any atom is -0.329 e. The topological polar surface area (TPSA) is 32.5 Å². The Morgan fingerprint density at radius 3 is 2.90 bits per heavy atom. The van der Waals surface area contributed by atoms with E-state index in [0.717, 1.165) is 19.6 Å². The van der Waals surface area contributed by atoms with Crippen molar-refractivity contribution in [3.63, 3.8) is 0 Å². The maximum Gasteiger partial charge on any atom is 0.129 e. The van der Waals surface area contributed by atoms with Gasteiger partial charge in [0.1, 0.15) is 5.82 Å². The third-order valence-corrected chi connectivity index (χ3v) is 4.72. The van der Waals surface area contributed by atoms with E-state index in [1.807, 2.05) is 7.05 Å². The van der Waals surface area contributed by atoms with Crippen molar-refractivity contribution in [1.29, 1.82) is 0 Å². The van der Waals surface area contributed by atoms with Gasteiger partial charge in [-0.2, -0.15) is 0 Å². The van der Waals surface area contributed by atoms with E-state index < -0.39 is 0 Å². The maximum absolute atomic E-state index is 14.1. The highest BCUT2D eigenvalue weighted by atomic mass is 35.5. The number of hydrogen-bond donors (Lipinski definition) is 1. The van der Waals surface area contributed by atoms with Crippen LogP contribution in [-0.2, 0) is 0 Å². The molecule has 5 heteroatoms. The van der Waals surface area contributed by atoms with Gasteiger partial charge in [0.2, 0.25) is 0 Å². The molecule has 0 radical (unpaired) electrons. The lowest BCUT2D eigenvalue weighted by Crippen LogP contribution is -2.42. The van der Waals surface area contributed by atoms with Gasteiger partial charge in [0.05, 0.1) is 0 Å². The second-order valence-corrected chi connectivity index (χ2v) is 6.22. The van der Waals surface area contributed by atoms with E-state index in [2.05, 4.69) is 16.7 Å². The summed E-state index contributed by atoms with van der Waals surface area (Å²) in [5.41, 5.74) is 6.53. The largest absolute Gasteiger partial charge is 0.329 e. The molecule has 21 heavy (non-hydrogen) atoms. The Balaban J connectivity index is 2.09. The molecule has 2 unspecified atom stereocenters. The summed E-state index contributed by atoms with van der Waals surface area (Å²) in [6.07, 6.45) is 2.45. The monoisotopic (exact) mass is 313 g/mol. The second-order valence-electron chi connectivity index (χ2n) is 5.78. The highest BCUT2D eigenvalue weighted by molar-refractivity contribution is 6.30. The molecular formula is C16H25ClFN3. The molecule has 0 aliphatic carbocycles. The number of rotatable bonds is 6. The summed E-state index contributed by atoms with van der Waals surface area (Å²) < 4.78 is 14.1. The van der Waals surface area contributed by atoms with Crippen LogP contribution >= 0.6 is 11.6 Å². The van der Waals surface area contributed by atoms with Crippen LogP contribution in [0.25, 0.3) is 0 Å². The first-order valence-electron chi connectivity index (χ1n) is 7.66. The number of likely N-dealkylation sites (N-methyl/N-ethyl adjacent to an activating group) is 2. The molecule has 1 heterocycles. The normalized spacial score (nSPS) is 21.1. The van der Waals surface area contributed by atoms with Crippen LogP contribution in [0.2, 0.25) is 5.02 Å². The molecule has 0 bridgehead atoms. The number of hydrogen-bond acceptors (Lipinski definition) is 3. The van der Waals surface area contributed by atoms with Crippen molar-refractivity contribution in [3.8, 4) is 0 Å². The van der Waals surface area contributed by atoms with E-state index in [1.54, 1.807) is 12.1 Å². The smallest absolute Gasteiger partial charge is 0.129 e. The Morgan fingerprint density at radius 2 is 2.29 bits per heavy atom. The summed E-state index contributed by atoms with van der Waals surface area (Å²) in [5.74, 6) is -0.274. The number of nitrogens with zero attached hydrogens (tertiary/aromatic N) is 2. The number of benzene rings is 1. The summed E-state index contributed by atoms with van der Waals surface area (Å²) in [4.78, 5) is 4.66. The first-order valence-corrected chi connectivity index (χ1v) is 8.04. The van der Waals surface area contributed by atoms with Crippen LogP contribution in [0.1, 0.15) is 31.4 Å². The van der Waals surface area contributed by atoms with Gasteiger partial charge in [0, 0.05) is 35.8 Å². The summed E-state index contributed by atoms with van der Waals surface area (Å²) in [7, 11) is 2.03. The van der Waals surface area contributed by atoms with E-state index in [-0.39, 0.29) is 11.9 Å². The molecule has 1 aliphatic heterocycles. The third-order valence-electron chi connectivity index (χ3n) is 4.48. The van der Waals surface area contributed by atoms with Crippen LogP contribution in [0.5, 0.6) is 0 Å². The van der Waals surface area contributed by atoms with Gasteiger partial charge in [-0.1, -0.05) is 24.6 Å². The summed E-state index contributed by atoms with van der Waals surface area (Å²) in [5, 5.41) is 0.419.